The Morgan fingerprint density at radius 2 is 1.81 bits per heavy atom. The minimum Gasteiger partial charge on any atom is -0.173 e. The third-order valence-electron chi connectivity index (χ3n) is 4.75. The van der Waals surface area contributed by atoms with Crippen LogP contribution in [0.4, 0.5) is 8.78 Å². The molecular formula is C18H26F2Si. The third kappa shape index (κ3) is 5.38. The number of hydrogen-bond acceptors (Lipinski definition) is 0. The quantitative estimate of drug-likeness (QED) is 0.432. The highest BCUT2D eigenvalue weighted by Crippen LogP contribution is 2.35. The smallest absolute Gasteiger partial charge is 0.173 e. The summed E-state index contributed by atoms with van der Waals surface area (Å²) in [6.45, 7) is 2.27. The van der Waals surface area contributed by atoms with Gasteiger partial charge < -0.3 is 0 Å². The molecule has 116 valence electrons. The monoisotopic (exact) mass is 308 g/mol. The molecule has 1 fully saturated rings. The molecule has 0 amide bonds. The van der Waals surface area contributed by atoms with E-state index in [9.17, 15) is 8.78 Å². The summed E-state index contributed by atoms with van der Waals surface area (Å²) in [7, 11) is -0.458. The van der Waals surface area contributed by atoms with E-state index in [-0.39, 0.29) is 0 Å². The van der Waals surface area contributed by atoms with Gasteiger partial charge in [0.2, 0.25) is 0 Å². The largest absolute Gasteiger partial charge is 0.270 e. The zero-order valence-electron chi connectivity index (χ0n) is 13.0. The average Bonchev–Trinajstić information content (AvgIpc) is 2.49. The fourth-order valence-corrected chi connectivity index (χ4v) is 6.94. The Hall–Kier alpha value is -0.963. The molecule has 21 heavy (non-hydrogen) atoms. The van der Waals surface area contributed by atoms with Crippen LogP contribution in [0.1, 0.15) is 56.1 Å². The van der Waals surface area contributed by atoms with Gasteiger partial charge in [-0.2, -0.15) is 8.78 Å². The Morgan fingerprint density at radius 1 is 1.14 bits per heavy atom. The molecule has 0 unspecified atom stereocenters. The topological polar surface area (TPSA) is 0 Å². The molecule has 0 aromatic heterocycles. The highest BCUT2D eigenvalue weighted by atomic mass is 28.3. The predicted molar refractivity (Wildman–Crippen MR) is 89.7 cm³/mol. The lowest BCUT2D eigenvalue weighted by atomic mass is 9.93. The van der Waals surface area contributed by atoms with Crippen LogP contribution in [-0.2, 0) is 0 Å². The van der Waals surface area contributed by atoms with Crippen LogP contribution in [-0.4, -0.2) is 8.80 Å². The molecular weight excluding hydrogens is 282 g/mol. The summed E-state index contributed by atoms with van der Waals surface area (Å²) in [5.74, 6) is 0.660. The fraction of sp³-hybridized carbons (Fsp3) is 0.556. The third-order valence-corrected chi connectivity index (χ3v) is 8.27. The molecule has 1 heterocycles. The maximum atomic E-state index is 12.2. The fourth-order valence-electron chi connectivity index (χ4n) is 3.46. The second-order valence-electron chi connectivity index (χ2n) is 6.31. The summed E-state index contributed by atoms with van der Waals surface area (Å²) in [5, 5.41) is 0. The summed E-state index contributed by atoms with van der Waals surface area (Å²) in [6.07, 6.45) is 6.10. The van der Waals surface area contributed by atoms with Crippen LogP contribution in [0.25, 0.3) is 6.08 Å². The van der Waals surface area contributed by atoms with Crippen molar-refractivity contribution in [3.63, 3.8) is 0 Å². The van der Waals surface area contributed by atoms with Crippen molar-refractivity contribution in [2.45, 2.75) is 63.1 Å². The van der Waals surface area contributed by atoms with Crippen LogP contribution in [0.3, 0.4) is 0 Å². The van der Waals surface area contributed by atoms with E-state index in [0.29, 0.717) is 11.5 Å². The first-order valence-electron chi connectivity index (χ1n) is 8.31. The first kappa shape index (κ1) is 16.4. The lowest BCUT2D eigenvalue weighted by molar-refractivity contribution is 0.429. The molecule has 3 heteroatoms. The molecule has 2 rings (SSSR count). The molecule has 0 spiro atoms. The Bertz CT molecular complexity index is 441. The Morgan fingerprint density at radius 3 is 2.38 bits per heavy atom. The van der Waals surface area contributed by atoms with Gasteiger partial charge in [0.15, 0.2) is 0 Å². The van der Waals surface area contributed by atoms with Crippen LogP contribution in [0.2, 0.25) is 18.1 Å². The van der Waals surface area contributed by atoms with Crippen LogP contribution in [0.5, 0.6) is 0 Å². The molecule has 1 aromatic rings. The van der Waals surface area contributed by atoms with E-state index in [0.717, 1.165) is 6.08 Å². The molecule has 0 N–H and O–H groups in total. The minimum absolute atomic E-state index is 0.458. The molecule has 1 aliphatic heterocycles. The highest BCUT2D eigenvalue weighted by Gasteiger charge is 2.22. The summed E-state index contributed by atoms with van der Waals surface area (Å²) < 4.78 is 24.4. The van der Waals surface area contributed by atoms with E-state index in [4.69, 9.17) is 0 Å². The number of hydrogen-bond donors (Lipinski definition) is 0. The Balaban J connectivity index is 1.83. The summed E-state index contributed by atoms with van der Waals surface area (Å²) in [4.78, 5) is 0. The summed E-state index contributed by atoms with van der Waals surface area (Å²) >= 11 is 0. The van der Waals surface area contributed by atoms with Gasteiger partial charge >= 0.3 is 0 Å². The van der Waals surface area contributed by atoms with Gasteiger partial charge in [0, 0.05) is 14.9 Å². The standard InChI is InChI=1S/C18H26F2Si/c1-2-3-4-11-21-12-9-17(10-13-21)16-7-5-15(6-8-16)14-18(19)20/h5-8,14,17,21H,2-4,9-13H2,1H3/t17-,21-. The maximum Gasteiger partial charge on any atom is 0.270 e. The number of rotatable bonds is 6. The van der Waals surface area contributed by atoms with Crippen molar-refractivity contribution in [3.8, 4) is 0 Å². The van der Waals surface area contributed by atoms with Gasteiger partial charge in [-0.25, -0.2) is 0 Å². The summed E-state index contributed by atoms with van der Waals surface area (Å²) in [5.41, 5.74) is 1.94. The predicted octanol–water partition coefficient (Wildman–Crippen LogP) is 6.22. The summed E-state index contributed by atoms with van der Waals surface area (Å²) in [6, 6.07) is 12.2. The van der Waals surface area contributed by atoms with Gasteiger partial charge in [-0.15, -0.1) is 0 Å². The van der Waals surface area contributed by atoms with Gasteiger partial charge in [0.25, 0.3) is 6.08 Å². The van der Waals surface area contributed by atoms with Gasteiger partial charge in [0.05, 0.1) is 0 Å². The van der Waals surface area contributed by atoms with Gasteiger partial charge in [-0.1, -0.05) is 68.6 Å². The highest BCUT2D eigenvalue weighted by molar-refractivity contribution is 6.59. The van der Waals surface area contributed by atoms with Crippen molar-refractivity contribution in [1.29, 1.82) is 0 Å². The zero-order chi connectivity index (χ0) is 15.1. The van der Waals surface area contributed by atoms with Crippen LogP contribution in [0.15, 0.2) is 30.3 Å². The molecule has 0 radical (unpaired) electrons. The van der Waals surface area contributed by atoms with Gasteiger partial charge in [-0.3, -0.25) is 0 Å². The minimum atomic E-state index is -1.62. The van der Waals surface area contributed by atoms with E-state index in [1.807, 2.05) is 24.3 Å². The Kier molecular flexibility index (Phi) is 6.62. The van der Waals surface area contributed by atoms with Crippen molar-refractivity contribution in [1.82, 2.24) is 0 Å². The maximum absolute atomic E-state index is 12.2. The van der Waals surface area contributed by atoms with E-state index < -0.39 is 14.9 Å². The van der Waals surface area contributed by atoms with E-state index in [2.05, 4.69) is 6.92 Å². The Labute approximate surface area is 128 Å². The number of benzene rings is 1. The second-order valence-corrected chi connectivity index (χ2v) is 9.78. The lowest BCUT2D eigenvalue weighted by Gasteiger charge is -2.28. The van der Waals surface area contributed by atoms with Crippen molar-refractivity contribution in [2.75, 3.05) is 0 Å². The molecule has 0 aliphatic carbocycles. The molecule has 0 bridgehead atoms. The van der Waals surface area contributed by atoms with Crippen molar-refractivity contribution in [2.24, 2.45) is 0 Å². The first-order chi connectivity index (χ1) is 10.2. The van der Waals surface area contributed by atoms with Crippen LogP contribution in [0, 0.1) is 0 Å². The second kappa shape index (κ2) is 8.47. The van der Waals surface area contributed by atoms with Gasteiger partial charge in [0.1, 0.15) is 0 Å². The molecule has 0 atom stereocenters. The average molecular weight is 308 g/mol. The molecule has 1 aliphatic rings. The zero-order valence-corrected chi connectivity index (χ0v) is 14.1. The lowest BCUT2D eigenvalue weighted by Crippen LogP contribution is -2.20. The van der Waals surface area contributed by atoms with Crippen molar-refractivity contribution < 1.29 is 8.78 Å². The molecule has 0 saturated carbocycles. The van der Waals surface area contributed by atoms with Crippen molar-refractivity contribution in [3.05, 3.63) is 41.5 Å². The normalized spacial score (nSPS) is 22.0. The van der Waals surface area contributed by atoms with Crippen LogP contribution >= 0.6 is 0 Å². The number of halogens is 2. The van der Waals surface area contributed by atoms with Gasteiger partial charge in [-0.05, 0) is 29.9 Å². The van der Waals surface area contributed by atoms with E-state index in [1.165, 1.54) is 55.8 Å². The molecule has 0 nitrogen and oxygen atoms in total. The van der Waals surface area contributed by atoms with Crippen LogP contribution < -0.4 is 0 Å². The van der Waals surface area contributed by atoms with E-state index in [1.54, 1.807) is 0 Å². The first-order valence-corrected chi connectivity index (χ1v) is 10.8. The van der Waals surface area contributed by atoms with Crippen molar-refractivity contribution >= 4 is 14.9 Å². The molecule has 1 aromatic carbocycles. The SMILES string of the molecule is CCCCC[Si@H]1CC[C@H](c2ccc(C=C(F)F)cc2)CC1. The molecule has 1 saturated heterocycles. The van der Waals surface area contributed by atoms with E-state index >= 15 is 0 Å². The number of unbranched alkanes of at least 4 members (excludes halogenated alkanes) is 2.